The third kappa shape index (κ3) is 3.97. The molecule has 0 amide bonds. The highest BCUT2D eigenvalue weighted by molar-refractivity contribution is 4.90. The van der Waals surface area contributed by atoms with Gasteiger partial charge in [-0.3, -0.25) is 0 Å². The van der Waals surface area contributed by atoms with Crippen LogP contribution in [-0.4, -0.2) is 30.7 Å². The predicted molar refractivity (Wildman–Crippen MR) is 47.5 cm³/mol. The molecule has 0 saturated heterocycles. The Hall–Kier alpha value is -0.760. The van der Waals surface area contributed by atoms with Gasteiger partial charge in [-0.1, -0.05) is 6.92 Å². The van der Waals surface area contributed by atoms with Crippen molar-refractivity contribution in [1.29, 1.82) is 5.26 Å². The zero-order valence-corrected chi connectivity index (χ0v) is 8.60. The van der Waals surface area contributed by atoms with E-state index in [1.165, 1.54) is 6.07 Å². The van der Waals surface area contributed by atoms with Crippen molar-refractivity contribution in [3.8, 4) is 6.07 Å². The second-order valence-corrected chi connectivity index (χ2v) is 3.42. The van der Waals surface area contributed by atoms with E-state index in [9.17, 15) is 13.2 Å². The average Bonchev–Trinajstić information content (AvgIpc) is 2.10. The molecule has 0 spiro atoms. The standard InChI is InChI=1S/C9H15F3N2/c1-4-7(2)14(3)6-8(5-13)9(10,11)12/h7-8H,4,6H2,1-3H3. The molecular weight excluding hydrogens is 193 g/mol. The molecule has 0 bridgehead atoms. The quantitative estimate of drug-likeness (QED) is 0.709. The van der Waals surface area contributed by atoms with Gasteiger partial charge in [-0.05, 0) is 20.4 Å². The second-order valence-electron chi connectivity index (χ2n) is 3.42. The van der Waals surface area contributed by atoms with Crippen LogP contribution in [0.2, 0.25) is 0 Å². The van der Waals surface area contributed by atoms with Gasteiger partial charge in [-0.25, -0.2) is 0 Å². The molecule has 0 heterocycles. The first kappa shape index (κ1) is 13.2. The number of hydrogen-bond acceptors (Lipinski definition) is 2. The zero-order chi connectivity index (χ0) is 11.4. The molecule has 0 saturated carbocycles. The summed E-state index contributed by atoms with van der Waals surface area (Å²) in [5.74, 6) is -1.89. The highest BCUT2D eigenvalue weighted by atomic mass is 19.4. The molecule has 0 aromatic rings. The first-order chi connectivity index (χ1) is 6.32. The lowest BCUT2D eigenvalue weighted by Crippen LogP contribution is -2.38. The second kappa shape index (κ2) is 5.20. The first-order valence-corrected chi connectivity index (χ1v) is 4.49. The van der Waals surface area contributed by atoms with Crippen LogP contribution in [0.4, 0.5) is 13.2 Å². The smallest absolute Gasteiger partial charge is 0.302 e. The third-order valence-corrected chi connectivity index (χ3v) is 2.36. The Morgan fingerprint density at radius 3 is 2.21 bits per heavy atom. The highest BCUT2D eigenvalue weighted by Crippen LogP contribution is 2.26. The predicted octanol–water partition coefficient (Wildman–Crippen LogP) is 2.42. The van der Waals surface area contributed by atoms with Crippen molar-refractivity contribution in [2.75, 3.05) is 13.6 Å². The molecule has 2 unspecified atom stereocenters. The summed E-state index contributed by atoms with van der Waals surface area (Å²) in [6.07, 6.45) is -3.65. The lowest BCUT2D eigenvalue weighted by molar-refractivity contribution is -0.163. The summed E-state index contributed by atoms with van der Waals surface area (Å²) in [6, 6.07) is 1.35. The van der Waals surface area contributed by atoms with Gasteiger partial charge >= 0.3 is 6.18 Å². The number of alkyl halides is 3. The number of hydrogen-bond donors (Lipinski definition) is 0. The van der Waals surface area contributed by atoms with Gasteiger partial charge in [-0.15, -0.1) is 0 Å². The van der Waals surface area contributed by atoms with E-state index >= 15 is 0 Å². The van der Waals surface area contributed by atoms with Crippen LogP contribution in [0.3, 0.4) is 0 Å². The Morgan fingerprint density at radius 2 is 1.93 bits per heavy atom. The van der Waals surface area contributed by atoms with E-state index in [-0.39, 0.29) is 12.6 Å². The molecule has 0 aromatic carbocycles. The van der Waals surface area contributed by atoms with E-state index in [0.717, 1.165) is 6.42 Å². The maximum atomic E-state index is 12.2. The van der Waals surface area contributed by atoms with Crippen molar-refractivity contribution in [1.82, 2.24) is 4.90 Å². The van der Waals surface area contributed by atoms with Crippen LogP contribution in [0.15, 0.2) is 0 Å². The Bertz CT molecular complexity index is 207. The Labute approximate surface area is 82.3 Å². The van der Waals surface area contributed by atoms with Gasteiger partial charge in [0.1, 0.15) is 0 Å². The van der Waals surface area contributed by atoms with Gasteiger partial charge in [-0.2, -0.15) is 18.4 Å². The summed E-state index contributed by atoms with van der Waals surface area (Å²) < 4.78 is 36.6. The molecule has 0 radical (unpaired) electrons. The molecule has 0 fully saturated rings. The van der Waals surface area contributed by atoms with Gasteiger partial charge in [0.25, 0.3) is 0 Å². The molecular formula is C9H15F3N2. The Morgan fingerprint density at radius 1 is 1.43 bits per heavy atom. The molecule has 82 valence electrons. The van der Waals surface area contributed by atoms with Crippen LogP contribution in [0.25, 0.3) is 0 Å². The molecule has 14 heavy (non-hydrogen) atoms. The van der Waals surface area contributed by atoms with Crippen LogP contribution in [0.5, 0.6) is 0 Å². The maximum Gasteiger partial charge on any atom is 0.405 e. The van der Waals surface area contributed by atoms with Crippen molar-refractivity contribution in [3.05, 3.63) is 0 Å². The Balaban J connectivity index is 4.28. The average molecular weight is 208 g/mol. The van der Waals surface area contributed by atoms with Crippen molar-refractivity contribution in [3.63, 3.8) is 0 Å². The molecule has 0 aromatic heterocycles. The normalized spacial score (nSPS) is 16.4. The van der Waals surface area contributed by atoms with Crippen LogP contribution in [0, 0.1) is 17.2 Å². The van der Waals surface area contributed by atoms with Crippen molar-refractivity contribution < 1.29 is 13.2 Å². The van der Waals surface area contributed by atoms with Crippen LogP contribution >= 0.6 is 0 Å². The van der Waals surface area contributed by atoms with Crippen molar-refractivity contribution in [2.24, 2.45) is 5.92 Å². The summed E-state index contributed by atoms with van der Waals surface area (Å²) in [5.41, 5.74) is 0. The highest BCUT2D eigenvalue weighted by Gasteiger charge is 2.40. The minimum Gasteiger partial charge on any atom is -0.302 e. The summed E-state index contributed by atoms with van der Waals surface area (Å²) >= 11 is 0. The number of nitriles is 1. The van der Waals surface area contributed by atoms with E-state index in [1.807, 2.05) is 13.8 Å². The minimum absolute atomic E-state index is 0.0631. The number of nitrogens with zero attached hydrogens (tertiary/aromatic N) is 2. The lowest BCUT2D eigenvalue weighted by Gasteiger charge is -2.26. The molecule has 2 nitrogen and oxygen atoms in total. The van der Waals surface area contributed by atoms with Gasteiger partial charge in [0.15, 0.2) is 5.92 Å². The molecule has 0 N–H and O–H groups in total. The van der Waals surface area contributed by atoms with E-state index in [2.05, 4.69) is 0 Å². The van der Waals surface area contributed by atoms with Gasteiger partial charge in [0.05, 0.1) is 6.07 Å². The summed E-state index contributed by atoms with van der Waals surface area (Å²) in [5, 5.41) is 8.37. The fourth-order valence-electron chi connectivity index (χ4n) is 0.997. The Kier molecular flexibility index (Phi) is 4.92. The van der Waals surface area contributed by atoms with E-state index in [4.69, 9.17) is 5.26 Å². The van der Waals surface area contributed by atoms with Crippen LogP contribution in [-0.2, 0) is 0 Å². The monoisotopic (exact) mass is 208 g/mol. The maximum absolute atomic E-state index is 12.2. The molecule has 0 aliphatic heterocycles. The van der Waals surface area contributed by atoms with Crippen molar-refractivity contribution in [2.45, 2.75) is 32.5 Å². The SMILES string of the molecule is CCC(C)N(C)CC(C#N)C(F)(F)F. The fourth-order valence-corrected chi connectivity index (χ4v) is 0.997. The first-order valence-electron chi connectivity index (χ1n) is 4.49. The van der Waals surface area contributed by atoms with Crippen LogP contribution in [0.1, 0.15) is 20.3 Å². The zero-order valence-electron chi connectivity index (χ0n) is 8.60. The van der Waals surface area contributed by atoms with Gasteiger partial charge in [0.2, 0.25) is 0 Å². The largest absolute Gasteiger partial charge is 0.405 e. The van der Waals surface area contributed by atoms with Crippen LogP contribution < -0.4 is 0 Å². The van der Waals surface area contributed by atoms with E-state index in [0.29, 0.717) is 0 Å². The van der Waals surface area contributed by atoms with E-state index < -0.39 is 12.1 Å². The lowest BCUT2D eigenvalue weighted by atomic mass is 10.1. The topological polar surface area (TPSA) is 27.0 Å². The molecule has 0 rings (SSSR count). The molecule has 2 atom stereocenters. The number of rotatable bonds is 4. The van der Waals surface area contributed by atoms with E-state index in [1.54, 1.807) is 11.9 Å². The minimum atomic E-state index is -4.42. The summed E-state index contributed by atoms with van der Waals surface area (Å²) in [6.45, 7) is 3.48. The molecule has 5 heteroatoms. The number of halogens is 3. The molecule has 0 aliphatic carbocycles. The summed E-state index contributed by atoms with van der Waals surface area (Å²) in [7, 11) is 1.60. The van der Waals surface area contributed by atoms with Crippen molar-refractivity contribution >= 4 is 0 Å². The fraction of sp³-hybridized carbons (Fsp3) is 0.889. The van der Waals surface area contributed by atoms with Gasteiger partial charge in [0, 0.05) is 12.6 Å². The summed E-state index contributed by atoms with van der Waals surface area (Å²) in [4.78, 5) is 1.56. The van der Waals surface area contributed by atoms with Gasteiger partial charge < -0.3 is 4.90 Å². The molecule has 0 aliphatic rings. The third-order valence-electron chi connectivity index (χ3n) is 2.36.